The number of aromatic nitrogens is 2. The van der Waals surface area contributed by atoms with Crippen LogP contribution in [0, 0.1) is 10.1 Å². The number of benzene rings is 1. The molecule has 7 heteroatoms. The van der Waals surface area contributed by atoms with Crippen molar-refractivity contribution in [2.45, 2.75) is 11.8 Å². The van der Waals surface area contributed by atoms with Gasteiger partial charge in [0.15, 0.2) is 0 Å². The molecule has 0 aliphatic carbocycles. The summed E-state index contributed by atoms with van der Waals surface area (Å²) in [6.07, 6.45) is 1.90. The molecule has 0 radical (unpaired) electrons. The van der Waals surface area contributed by atoms with Gasteiger partial charge in [-0.05, 0) is 6.07 Å². The Bertz CT molecular complexity index is 606. The number of fused-ring (bicyclic) bond motifs is 1. The third-order valence-electron chi connectivity index (χ3n) is 2.67. The lowest BCUT2D eigenvalue weighted by Crippen LogP contribution is -2.12. The zero-order valence-corrected chi connectivity index (χ0v) is 11.0. The van der Waals surface area contributed by atoms with E-state index in [0.29, 0.717) is 29.6 Å². The number of non-ortho nitro benzene ring substituents is 1. The number of hydrogen-bond donors (Lipinski definition) is 0. The largest absolute Gasteiger partial charge is 0.383 e. The van der Waals surface area contributed by atoms with E-state index in [1.807, 2.05) is 0 Å². The second-order valence-corrected chi connectivity index (χ2v) is 4.65. The number of hydrogen-bond acceptors (Lipinski definition) is 5. The predicted octanol–water partition coefficient (Wildman–Crippen LogP) is 2.33. The molecular weight excluding hydrogens is 270 g/mol. The van der Waals surface area contributed by atoms with Gasteiger partial charge in [-0.25, -0.2) is 9.97 Å². The van der Waals surface area contributed by atoms with Gasteiger partial charge in [0, 0.05) is 31.0 Å². The molecule has 0 spiro atoms. The zero-order chi connectivity index (χ0) is 13.8. The number of alkyl halides is 1. The quantitative estimate of drug-likeness (QED) is 0.477. The van der Waals surface area contributed by atoms with Crippen LogP contribution in [0.1, 0.15) is 5.69 Å². The van der Waals surface area contributed by atoms with Crippen LogP contribution in [0.2, 0.25) is 0 Å². The van der Waals surface area contributed by atoms with Gasteiger partial charge in [0.05, 0.1) is 28.1 Å². The highest BCUT2D eigenvalue weighted by molar-refractivity contribution is 6.20. The molecule has 1 aromatic carbocycles. The van der Waals surface area contributed by atoms with Crippen LogP contribution in [-0.2, 0) is 11.2 Å². The number of ether oxygens (including phenoxy) is 1. The zero-order valence-electron chi connectivity index (χ0n) is 10.2. The highest BCUT2D eigenvalue weighted by atomic mass is 35.5. The molecule has 2 aromatic rings. The first-order valence-corrected chi connectivity index (χ1v) is 6.06. The van der Waals surface area contributed by atoms with E-state index in [1.54, 1.807) is 13.2 Å². The van der Waals surface area contributed by atoms with Gasteiger partial charge in [-0.1, -0.05) is 0 Å². The van der Waals surface area contributed by atoms with Crippen molar-refractivity contribution in [2.24, 2.45) is 0 Å². The Labute approximate surface area is 114 Å². The van der Waals surface area contributed by atoms with E-state index in [4.69, 9.17) is 16.3 Å². The molecule has 1 aromatic heterocycles. The summed E-state index contributed by atoms with van der Waals surface area (Å²) in [5, 5.41) is 11.2. The van der Waals surface area contributed by atoms with E-state index in [1.165, 1.54) is 18.5 Å². The van der Waals surface area contributed by atoms with Gasteiger partial charge in [-0.2, -0.15) is 0 Å². The first kappa shape index (κ1) is 13.6. The molecule has 0 amide bonds. The lowest BCUT2D eigenvalue weighted by molar-refractivity contribution is -0.384. The molecule has 0 aliphatic heterocycles. The summed E-state index contributed by atoms with van der Waals surface area (Å²) in [6, 6.07) is 4.51. The van der Waals surface area contributed by atoms with Crippen LogP contribution >= 0.6 is 11.6 Å². The summed E-state index contributed by atoms with van der Waals surface area (Å²) in [4.78, 5) is 18.6. The van der Waals surface area contributed by atoms with E-state index in [0.717, 1.165) is 0 Å². The molecule has 0 saturated carbocycles. The monoisotopic (exact) mass is 281 g/mol. The van der Waals surface area contributed by atoms with Gasteiger partial charge < -0.3 is 4.74 Å². The van der Waals surface area contributed by atoms with Crippen molar-refractivity contribution in [3.05, 3.63) is 40.3 Å². The molecule has 6 nitrogen and oxygen atoms in total. The Morgan fingerprint density at radius 3 is 2.95 bits per heavy atom. The molecule has 2 rings (SSSR count). The van der Waals surface area contributed by atoms with Crippen molar-refractivity contribution >= 4 is 28.2 Å². The lowest BCUT2D eigenvalue weighted by atomic mass is 10.1. The summed E-state index contributed by atoms with van der Waals surface area (Å²) in [7, 11) is 1.57. The third-order valence-corrected chi connectivity index (χ3v) is 2.95. The molecule has 0 saturated heterocycles. The maximum Gasteiger partial charge on any atom is 0.270 e. The molecule has 1 atom stereocenters. The summed E-state index contributed by atoms with van der Waals surface area (Å²) in [6.45, 7) is 0.391. The molecule has 1 heterocycles. The van der Waals surface area contributed by atoms with Crippen molar-refractivity contribution < 1.29 is 9.66 Å². The summed E-state index contributed by atoms with van der Waals surface area (Å²) < 4.78 is 4.97. The van der Waals surface area contributed by atoms with E-state index < -0.39 is 4.92 Å². The Balaban J connectivity index is 2.42. The molecular formula is C12H12ClN3O3. The van der Waals surface area contributed by atoms with Gasteiger partial charge in [-0.3, -0.25) is 10.1 Å². The molecule has 0 fully saturated rings. The SMILES string of the molecule is COCC(Cl)Cc1ncnc2ccc([N+](=O)[O-])cc12. The van der Waals surface area contributed by atoms with Crippen molar-refractivity contribution in [1.29, 1.82) is 0 Å². The van der Waals surface area contributed by atoms with Crippen molar-refractivity contribution in [2.75, 3.05) is 13.7 Å². The number of nitrogens with zero attached hydrogens (tertiary/aromatic N) is 3. The average molecular weight is 282 g/mol. The first-order chi connectivity index (χ1) is 9.11. The van der Waals surface area contributed by atoms with Crippen LogP contribution in [-0.4, -0.2) is 34.0 Å². The van der Waals surface area contributed by atoms with Crippen LogP contribution in [0.4, 0.5) is 5.69 Å². The van der Waals surface area contributed by atoms with Crippen molar-refractivity contribution in [1.82, 2.24) is 9.97 Å². The summed E-state index contributed by atoms with van der Waals surface area (Å²) in [5.74, 6) is 0. The fourth-order valence-corrected chi connectivity index (χ4v) is 2.10. The molecule has 1 unspecified atom stereocenters. The molecule has 0 bridgehead atoms. The maximum atomic E-state index is 10.8. The van der Waals surface area contributed by atoms with Crippen molar-refractivity contribution in [3.63, 3.8) is 0 Å². The Hall–Kier alpha value is -1.79. The van der Waals surface area contributed by atoms with Gasteiger partial charge in [0.25, 0.3) is 5.69 Å². The second-order valence-electron chi connectivity index (χ2n) is 4.04. The minimum absolute atomic E-state index is 0.0152. The minimum atomic E-state index is -0.441. The summed E-state index contributed by atoms with van der Waals surface area (Å²) in [5.41, 5.74) is 1.36. The van der Waals surface area contributed by atoms with Crippen LogP contribution in [0.5, 0.6) is 0 Å². The summed E-state index contributed by atoms with van der Waals surface area (Å²) >= 11 is 6.10. The Morgan fingerprint density at radius 2 is 2.26 bits per heavy atom. The van der Waals surface area contributed by atoms with E-state index in [2.05, 4.69) is 9.97 Å². The van der Waals surface area contributed by atoms with Crippen molar-refractivity contribution in [3.8, 4) is 0 Å². The second kappa shape index (κ2) is 5.90. The van der Waals surface area contributed by atoms with Gasteiger partial charge >= 0.3 is 0 Å². The van der Waals surface area contributed by atoms with E-state index in [9.17, 15) is 10.1 Å². The van der Waals surface area contributed by atoms with Gasteiger partial charge in [-0.15, -0.1) is 11.6 Å². The first-order valence-electron chi connectivity index (χ1n) is 5.63. The van der Waals surface area contributed by atoms with Crippen LogP contribution in [0.15, 0.2) is 24.5 Å². The van der Waals surface area contributed by atoms with Crippen LogP contribution < -0.4 is 0 Å². The Morgan fingerprint density at radius 1 is 1.47 bits per heavy atom. The smallest absolute Gasteiger partial charge is 0.270 e. The molecule has 0 aliphatic rings. The third kappa shape index (κ3) is 3.15. The molecule has 100 valence electrons. The minimum Gasteiger partial charge on any atom is -0.383 e. The maximum absolute atomic E-state index is 10.8. The molecule has 19 heavy (non-hydrogen) atoms. The fourth-order valence-electron chi connectivity index (χ4n) is 1.82. The number of nitro groups is 1. The Kier molecular flexibility index (Phi) is 4.24. The van der Waals surface area contributed by atoms with Gasteiger partial charge in [0.1, 0.15) is 6.33 Å². The van der Waals surface area contributed by atoms with Crippen LogP contribution in [0.3, 0.4) is 0 Å². The van der Waals surface area contributed by atoms with Crippen LogP contribution in [0.25, 0.3) is 10.9 Å². The average Bonchev–Trinajstić information content (AvgIpc) is 2.38. The predicted molar refractivity (Wildman–Crippen MR) is 71.4 cm³/mol. The highest BCUT2D eigenvalue weighted by Gasteiger charge is 2.13. The lowest BCUT2D eigenvalue weighted by Gasteiger charge is -2.09. The number of nitro benzene ring substituents is 1. The van der Waals surface area contributed by atoms with Gasteiger partial charge in [0.2, 0.25) is 0 Å². The highest BCUT2D eigenvalue weighted by Crippen LogP contribution is 2.22. The number of halogens is 1. The molecule has 0 N–H and O–H groups in total. The number of rotatable bonds is 5. The standard InChI is InChI=1S/C12H12ClN3O3/c1-19-6-8(13)4-12-10-5-9(16(17)18)2-3-11(10)14-7-15-12/h2-3,5,7-8H,4,6H2,1H3. The topological polar surface area (TPSA) is 78.2 Å². The van der Waals surface area contributed by atoms with E-state index >= 15 is 0 Å². The number of methoxy groups -OCH3 is 1. The fraction of sp³-hybridized carbons (Fsp3) is 0.333. The normalized spacial score (nSPS) is 12.5. The van der Waals surface area contributed by atoms with E-state index in [-0.39, 0.29) is 11.1 Å².